The molecule has 2 N–H and O–H groups in total. The second-order valence-electron chi connectivity index (χ2n) is 7.26. The van der Waals surface area contributed by atoms with Gasteiger partial charge < -0.3 is 15.5 Å². The van der Waals surface area contributed by atoms with Crippen LogP contribution in [0.4, 0.5) is 11.4 Å². The highest BCUT2D eigenvalue weighted by Gasteiger charge is 2.14. The molecule has 0 aliphatic carbocycles. The maximum atomic E-state index is 12.3. The minimum absolute atomic E-state index is 0.000837. The van der Waals surface area contributed by atoms with E-state index in [1.807, 2.05) is 59.5 Å². The zero-order valence-corrected chi connectivity index (χ0v) is 16.3. The highest BCUT2D eigenvalue weighted by Crippen LogP contribution is 2.15. The van der Waals surface area contributed by atoms with Crippen molar-refractivity contribution in [2.75, 3.05) is 30.3 Å². The Morgan fingerprint density at radius 1 is 0.821 bits per heavy atom. The lowest BCUT2D eigenvalue weighted by Gasteiger charge is -2.20. The molecule has 0 atom stereocenters. The summed E-state index contributed by atoms with van der Waals surface area (Å²) in [4.78, 5) is 26.4. The number of anilines is 2. The number of benzene rings is 2. The number of carbonyl (C=O) groups is 2. The molecular formula is C23H29N3O2. The van der Waals surface area contributed by atoms with Crippen molar-refractivity contribution in [1.82, 2.24) is 4.90 Å². The van der Waals surface area contributed by atoms with Crippen molar-refractivity contribution in [1.29, 1.82) is 0 Å². The maximum Gasteiger partial charge on any atom is 0.241 e. The molecule has 5 nitrogen and oxygen atoms in total. The molecule has 3 rings (SSSR count). The molecule has 0 aromatic heterocycles. The average molecular weight is 380 g/mol. The van der Waals surface area contributed by atoms with E-state index in [1.165, 1.54) is 12.8 Å². The maximum absolute atomic E-state index is 12.3. The largest absolute Gasteiger partial charge is 0.376 e. The van der Waals surface area contributed by atoms with E-state index in [-0.39, 0.29) is 11.8 Å². The SMILES string of the molecule is O=C(CCc1ccccc1)Nc1ccc(NCC(=O)N2CCCCCC2)cc1. The number of hydrogen-bond acceptors (Lipinski definition) is 3. The van der Waals surface area contributed by atoms with Gasteiger partial charge in [0.1, 0.15) is 0 Å². The first-order valence-corrected chi connectivity index (χ1v) is 10.2. The first kappa shape index (κ1) is 19.9. The van der Waals surface area contributed by atoms with Crippen molar-refractivity contribution in [3.63, 3.8) is 0 Å². The monoisotopic (exact) mass is 379 g/mol. The zero-order chi connectivity index (χ0) is 19.6. The van der Waals surface area contributed by atoms with Crippen LogP contribution in [0.1, 0.15) is 37.7 Å². The number of amides is 2. The Morgan fingerprint density at radius 2 is 1.46 bits per heavy atom. The number of carbonyl (C=O) groups excluding carboxylic acids is 2. The van der Waals surface area contributed by atoms with Crippen LogP contribution in [0, 0.1) is 0 Å². The number of nitrogens with zero attached hydrogens (tertiary/aromatic N) is 1. The molecule has 0 radical (unpaired) electrons. The Hall–Kier alpha value is -2.82. The van der Waals surface area contributed by atoms with E-state index in [1.54, 1.807) is 0 Å². The van der Waals surface area contributed by atoms with E-state index in [0.717, 1.165) is 49.3 Å². The highest BCUT2D eigenvalue weighted by molar-refractivity contribution is 5.91. The van der Waals surface area contributed by atoms with Gasteiger partial charge in [-0.1, -0.05) is 43.2 Å². The number of aryl methyl sites for hydroxylation is 1. The minimum Gasteiger partial charge on any atom is -0.376 e. The van der Waals surface area contributed by atoms with Crippen molar-refractivity contribution >= 4 is 23.2 Å². The van der Waals surface area contributed by atoms with Gasteiger partial charge in [0, 0.05) is 30.9 Å². The lowest BCUT2D eigenvalue weighted by molar-refractivity contribution is -0.129. The third kappa shape index (κ3) is 6.41. The summed E-state index contributed by atoms with van der Waals surface area (Å²) in [5.41, 5.74) is 2.80. The molecule has 2 aromatic carbocycles. The first-order valence-electron chi connectivity index (χ1n) is 10.2. The smallest absolute Gasteiger partial charge is 0.241 e. The van der Waals surface area contributed by atoms with Crippen LogP contribution >= 0.6 is 0 Å². The molecule has 2 amide bonds. The van der Waals surface area contributed by atoms with Crippen LogP contribution in [0.25, 0.3) is 0 Å². The fourth-order valence-electron chi connectivity index (χ4n) is 3.41. The number of likely N-dealkylation sites (tertiary alicyclic amines) is 1. The number of hydrogen-bond donors (Lipinski definition) is 2. The van der Waals surface area contributed by atoms with E-state index < -0.39 is 0 Å². The fourth-order valence-corrected chi connectivity index (χ4v) is 3.41. The van der Waals surface area contributed by atoms with E-state index in [4.69, 9.17) is 0 Å². The molecule has 0 unspecified atom stereocenters. The molecule has 0 saturated carbocycles. The topological polar surface area (TPSA) is 61.4 Å². The van der Waals surface area contributed by atoms with Crippen LogP contribution in [0.5, 0.6) is 0 Å². The fraction of sp³-hybridized carbons (Fsp3) is 0.391. The molecule has 1 fully saturated rings. The van der Waals surface area contributed by atoms with Gasteiger partial charge in [-0.3, -0.25) is 9.59 Å². The standard InChI is InChI=1S/C23H29N3O2/c27-22(15-10-19-8-4-3-5-9-19)25-21-13-11-20(12-14-21)24-18-23(28)26-16-6-1-2-7-17-26/h3-5,8-9,11-14,24H,1-2,6-7,10,15-18H2,(H,25,27). The molecule has 28 heavy (non-hydrogen) atoms. The van der Waals surface area contributed by atoms with Gasteiger partial charge in [-0.25, -0.2) is 0 Å². The Labute approximate surface area is 167 Å². The van der Waals surface area contributed by atoms with Gasteiger partial charge in [0.15, 0.2) is 0 Å². The Balaban J connectivity index is 1.41. The molecule has 1 saturated heterocycles. The lowest BCUT2D eigenvalue weighted by atomic mass is 10.1. The first-order chi connectivity index (χ1) is 13.7. The summed E-state index contributed by atoms with van der Waals surface area (Å²) in [6, 6.07) is 17.5. The van der Waals surface area contributed by atoms with Gasteiger partial charge in [-0.15, -0.1) is 0 Å². The van der Waals surface area contributed by atoms with Crippen LogP contribution in [0.15, 0.2) is 54.6 Å². The van der Waals surface area contributed by atoms with Crippen molar-refractivity contribution in [2.45, 2.75) is 38.5 Å². The second-order valence-corrected chi connectivity index (χ2v) is 7.26. The van der Waals surface area contributed by atoms with Crippen molar-refractivity contribution < 1.29 is 9.59 Å². The third-order valence-electron chi connectivity index (χ3n) is 5.05. The summed E-state index contributed by atoms with van der Waals surface area (Å²) in [5.74, 6) is 0.154. The van der Waals surface area contributed by atoms with Crippen LogP contribution in [0.3, 0.4) is 0 Å². The van der Waals surface area contributed by atoms with Crippen LogP contribution in [-0.4, -0.2) is 36.3 Å². The minimum atomic E-state index is 0.000837. The number of rotatable bonds is 7. The molecule has 0 spiro atoms. The quantitative estimate of drug-likeness (QED) is 0.762. The molecule has 1 heterocycles. The number of nitrogens with one attached hydrogen (secondary N) is 2. The van der Waals surface area contributed by atoms with Gasteiger partial charge in [0.25, 0.3) is 0 Å². The summed E-state index contributed by atoms with van der Waals surface area (Å²) in [5, 5.41) is 6.11. The summed E-state index contributed by atoms with van der Waals surface area (Å²) in [6.07, 6.45) is 5.82. The van der Waals surface area contributed by atoms with Crippen LogP contribution in [0.2, 0.25) is 0 Å². The summed E-state index contributed by atoms with van der Waals surface area (Å²) in [7, 11) is 0. The second kappa shape index (κ2) is 10.5. The van der Waals surface area contributed by atoms with Gasteiger partial charge in [-0.05, 0) is 49.1 Å². The summed E-state index contributed by atoms with van der Waals surface area (Å²) >= 11 is 0. The summed E-state index contributed by atoms with van der Waals surface area (Å²) in [6.45, 7) is 2.05. The van der Waals surface area contributed by atoms with E-state index in [2.05, 4.69) is 10.6 Å². The zero-order valence-electron chi connectivity index (χ0n) is 16.3. The Kier molecular flexibility index (Phi) is 7.47. The molecule has 148 valence electrons. The predicted octanol–water partition coefficient (Wildman–Crippen LogP) is 4.07. The van der Waals surface area contributed by atoms with Gasteiger partial charge >= 0.3 is 0 Å². The molecule has 1 aliphatic heterocycles. The Morgan fingerprint density at radius 3 is 2.14 bits per heavy atom. The van der Waals surface area contributed by atoms with Crippen molar-refractivity contribution in [3.8, 4) is 0 Å². The normalized spacial score (nSPS) is 14.2. The molecule has 1 aliphatic rings. The van der Waals surface area contributed by atoms with Gasteiger partial charge in [0.05, 0.1) is 6.54 Å². The van der Waals surface area contributed by atoms with E-state index in [0.29, 0.717) is 13.0 Å². The van der Waals surface area contributed by atoms with Crippen LogP contribution < -0.4 is 10.6 Å². The molecule has 5 heteroatoms. The lowest BCUT2D eigenvalue weighted by Crippen LogP contribution is -2.36. The van der Waals surface area contributed by atoms with Crippen LogP contribution in [-0.2, 0) is 16.0 Å². The van der Waals surface area contributed by atoms with Gasteiger partial charge in [0.2, 0.25) is 11.8 Å². The van der Waals surface area contributed by atoms with Crippen molar-refractivity contribution in [3.05, 3.63) is 60.2 Å². The Bertz CT molecular complexity index is 751. The summed E-state index contributed by atoms with van der Waals surface area (Å²) < 4.78 is 0. The average Bonchev–Trinajstić information content (AvgIpc) is 3.02. The third-order valence-corrected chi connectivity index (χ3v) is 5.05. The van der Waals surface area contributed by atoms with Crippen molar-refractivity contribution in [2.24, 2.45) is 0 Å². The van der Waals surface area contributed by atoms with E-state index >= 15 is 0 Å². The highest BCUT2D eigenvalue weighted by atomic mass is 16.2. The van der Waals surface area contributed by atoms with E-state index in [9.17, 15) is 9.59 Å². The molecule has 2 aromatic rings. The predicted molar refractivity (Wildman–Crippen MR) is 113 cm³/mol. The molecule has 0 bridgehead atoms. The van der Waals surface area contributed by atoms with Gasteiger partial charge in [-0.2, -0.15) is 0 Å². The molecular weight excluding hydrogens is 350 g/mol.